The normalized spacial score (nSPS) is 21.4. The van der Waals surface area contributed by atoms with E-state index in [0.717, 1.165) is 18.4 Å². The van der Waals surface area contributed by atoms with Crippen LogP contribution in [0.5, 0.6) is 0 Å². The third kappa shape index (κ3) is 1.72. The average Bonchev–Trinajstić information content (AvgIpc) is 2.51. The third-order valence-electron chi connectivity index (χ3n) is 2.98. The molecular formula is C12H13NO2S. The first-order valence-corrected chi connectivity index (χ1v) is 7.00. The van der Waals surface area contributed by atoms with Crippen molar-refractivity contribution in [2.45, 2.75) is 30.6 Å². The lowest BCUT2D eigenvalue weighted by molar-refractivity contribution is 0.593. The zero-order valence-electron chi connectivity index (χ0n) is 9.10. The highest BCUT2D eigenvalue weighted by molar-refractivity contribution is 7.91. The Labute approximate surface area is 95.6 Å². The lowest BCUT2D eigenvalue weighted by Crippen LogP contribution is -2.03. The fraction of sp³-hybridized carbons (Fsp3) is 0.417. The average molecular weight is 235 g/mol. The van der Waals surface area contributed by atoms with Gasteiger partial charge < -0.3 is 0 Å². The van der Waals surface area contributed by atoms with Crippen LogP contribution in [0.1, 0.15) is 36.8 Å². The molecule has 0 bridgehead atoms. The molecule has 0 fully saturated rings. The monoisotopic (exact) mass is 235 g/mol. The molecule has 0 radical (unpaired) electrons. The van der Waals surface area contributed by atoms with Gasteiger partial charge in [0, 0.05) is 0 Å². The van der Waals surface area contributed by atoms with Crippen molar-refractivity contribution in [1.29, 1.82) is 5.26 Å². The van der Waals surface area contributed by atoms with E-state index < -0.39 is 9.84 Å². The standard InChI is InChI=1S/C12H13NO2S/c1-2-3-10-8-16(14,15)12-6-9(7-13)4-5-11(10)12/h4-6,10H,2-3,8H2,1H3/t10-/m0/s1. The van der Waals surface area contributed by atoms with Crippen molar-refractivity contribution < 1.29 is 8.42 Å². The van der Waals surface area contributed by atoms with Crippen molar-refractivity contribution in [2.24, 2.45) is 0 Å². The van der Waals surface area contributed by atoms with Crippen molar-refractivity contribution >= 4 is 9.84 Å². The van der Waals surface area contributed by atoms with Gasteiger partial charge in [-0.1, -0.05) is 19.4 Å². The summed E-state index contributed by atoms with van der Waals surface area (Å²) in [5.41, 5.74) is 1.31. The summed E-state index contributed by atoms with van der Waals surface area (Å²) >= 11 is 0. The first-order chi connectivity index (χ1) is 7.58. The highest BCUT2D eigenvalue weighted by Gasteiger charge is 2.34. The lowest BCUT2D eigenvalue weighted by atomic mass is 9.96. The number of benzene rings is 1. The molecule has 0 amide bonds. The van der Waals surface area contributed by atoms with Gasteiger partial charge in [0.25, 0.3) is 0 Å². The summed E-state index contributed by atoms with van der Waals surface area (Å²) in [5.74, 6) is 0.308. The van der Waals surface area contributed by atoms with Gasteiger partial charge in [0.05, 0.1) is 22.3 Å². The number of hydrogen-bond donors (Lipinski definition) is 0. The van der Waals surface area contributed by atoms with Crippen LogP contribution < -0.4 is 0 Å². The van der Waals surface area contributed by atoms with E-state index in [4.69, 9.17) is 5.26 Å². The number of sulfone groups is 1. The summed E-state index contributed by atoms with van der Waals surface area (Å²) in [5, 5.41) is 8.76. The second-order valence-electron chi connectivity index (χ2n) is 4.13. The topological polar surface area (TPSA) is 57.9 Å². The smallest absolute Gasteiger partial charge is 0.179 e. The highest BCUT2D eigenvalue weighted by Crippen LogP contribution is 2.37. The maximum atomic E-state index is 11.9. The van der Waals surface area contributed by atoms with Gasteiger partial charge in [0.2, 0.25) is 0 Å². The van der Waals surface area contributed by atoms with Crippen molar-refractivity contribution in [3.05, 3.63) is 29.3 Å². The van der Waals surface area contributed by atoms with Crippen molar-refractivity contribution in [3.63, 3.8) is 0 Å². The molecule has 1 aliphatic rings. The fourth-order valence-corrected chi connectivity index (χ4v) is 4.20. The van der Waals surface area contributed by atoms with Crippen LogP contribution in [0.4, 0.5) is 0 Å². The quantitative estimate of drug-likeness (QED) is 0.789. The summed E-state index contributed by atoms with van der Waals surface area (Å²) in [4.78, 5) is 0.366. The van der Waals surface area contributed by atoms with Gasteiger partial charge in [0.1, 0.15) is 0 Å². The molecule has 0 saturated heterocycles. The number of rotatable bonds is 2. The third-order valence-corrected chi connectivity index (χ3v) is 4.84. The van der Waals surface area contributed by atoms with E-state index in [9.17, 15) is 8.42 Å². The molecule has 0 N–H and O–H groups in total. The maximum absolute atomic E-state index is 11.9. The van der Waals surface area contributed by atoms with Gasteiger partial charge in [-0.05, 0) is 30.0 Å². The van der Waals surface area contributed by atoms with E-state index in [1.54, 1.807) is 12.1 Å². The van der Waals surface area contributed by atoms with Crippen LogP contribution in [0.2, 0.25) is 0 Å². The Kier molecular flexibility index (Phi) is 2.73. The summed E-state index contributed by atoms with van der Waals surface area (Å²) in [6.45, 7) is 2.05. The molecule has 4 heteroatoms. The Balaban J connectivity index is 2.55. The molecule has 1 atom stereocenters. The molecule has 1 heterocycles. The first kappa shape index (κ1) is 11.2. The predicted molar refractivity (Wildman–Crippen MR) is 60.9 cm³/mol. The number of nitrogens with zero attached hydrogens (tertiary/aromatic N) is 1. The molecule has 0 spiro atoms. The minimum Gasteiger partial charge on any atom is -0.224 e. The number of fused-ring (bicyclic) bond motifs is 1. The first-order valence-electron chi connectivity index (χ1n) is 5.35. The molecule has 3 nitrogen and oxygen atoms in total. The summed E-state index contributed by atoms with van der Waals surface area (Å²) < 4.78 is 23.8. The molecule has 16 heavy (non-hydrogen) atoms. The van der Waals surface area contributed by atoms with Crippen LogP contribution in [0.3, 0.4) is 0 Å². The van der Waals surface area contributed by atoms with E-state index in [1.165, 1.54) is 6.07 Å². The van der Waals surface area contributed by atoms with Gasteiger partial charge in [0.15, 0.2) is 9.84 Å². The maximum Gasteiger partial charge on any atom is 0.179 e. The van der Waals surface area contributed by atoms with Crippen molar-refractivity contribution in [1.82, 2.24) is 0 Å². The molecule has 84 valence electrons. The summed E-state index contributed by atoms with van der Waals surface area (Å²) in [6, 6.07) is 6.96. The SMILES string of the molecule is CCC[C@H]1CS(=O)(=O)c2cc(C#N)ccc21. The Morgan fingerprint density at radius 2 is 2.25 bits per heavy atom. The molecule has 1 aromatic carbocycles. The van der Waals surface area contributed by atoms with E-state index in [-0.39, 0.29) is 11.7 Å². The van der Waals surface area contributed by atoms with Crippen LogP contribution in [0.15, 0.2) is 23.1 Å². The minimum absolute atomic E-state index is 0.109. The second kappa shape index (κ2) is 3.91. The molecule has 0 aliphatic carbocycles. The van der Waals surface area contributed by atoms with Crippen LogP contribution >= 0.6 is 0 Å². The Morgan fingerprint density at radius 1 is 1.50 bits per heavy atom. The van der Waals surface area contributed by atoms with Gasteiger partial charge in [-0.25, -0.2) is 8.42 Å². The number of nitriles is 1. The van der Waals surface area contributed by atoms with E-state index in [2.05, 4.69) is 0 Å². The molecular weight excluding hydrogens is 222 g/mol. The van der Waals surface area contributed by atoms with Crippen LogP contribution in [0.25, 0.3) is 0 Å². The molecule has 2 rings (SSSR count). The Bertz CT molecular complexity index is 555. The Morgan fingerprint density at radius 3 is 2.88 bits per heavy atom. The lowest BCUT2D eigenvalue weighted by Gasteiger charge is -2.07. The van der Waals surface area contributed by atoms with E-state index >= 15 is 0 Å². The second-order valence-corrected chi connectivity index (χ2v) is 6.13. The van der Waals surface area contributed by atoms with Crippen LogP contribution in [-0.4, -0.2) is 14.2 Å². The van der Waals surface area contributed by atoms with Crippen LogP contribution in [0, 0.1) is 11.3 Å². The van der Waals surface area contributed by atoms with E-state index in [1.807, 2.05) is 13.0 Å². The van der Waals surface area contributed by atoms with Crippen molar-refractivity contribution in [3.8, 4) is 6.07 Å². The van der Waals surface area contributed by atoms with Gasteiger partial charge >= 0.3 is 0 Å². The molecule has 0 unspecified atom stereocenters. The molecule has 1 aromatic rings. The van der Waals surface area contributed by atoms with Crippen molar-refractivity contribution in [2.75, 3.05) is 5.75 Å². The van der Waals surface area contributed by atoms with Gasteiger partial charge in [-0.15, -0.1) is 0 Å². The molecule has 1 aliphatic heterocycles. The zero-order chi connectivity index (χ0) is 11.8. The largest absolute Gasteiger partial charge is 0.224 e. The summed E-state index contributed by atoms with van der Waals surface area (Å²) in [6.07, 6.45) is 1.86. The summed E-state index contributed by atoms with van der Waals surface area (Å²) in [7, 11) is -3.16. The minimum atomic E-state index is -3.16. The molecule has 0 saturated carbocycles. The molecule has 0 aromatic heterocycles. The zero-order valence-corrected chi connectivity index (χ0v) is 9.92. The van der Waals surface area contributed by atoms with Gasteiger partial charge in [-0.2, -0.15) is 5.26 Å². The number of hydrogen-bond acceptors (Lipinski definition) is 3. The van der Waals surface area contributed by atoms with Gasteiger partial charge in [-0.3, -0.25) is 0 Å². The predicted octanol–water partition coefficient (Wildman–Crippen LogP) is 2.23. The van der Waals surface area contributed by atoms with E-state index in [0.29, 0.717) is 10.5 Å². The fourth-order valence-electron chi connectivity index (χ4n) is 2.24. The van der Waals surface area contributed by atoms with Crippen LogP contribution in [-0.2, 0) is 9.84 Å². The highest BCUT2D eigenvalue weighted by atomic mass is 32.2. The Hall–Kier alpha value is -1.34.